The molecule has 6 heteroatoms. The van der Waals surface area contributed by atoms with E-state index in [1.165, 1.54) is 0 Å². The fourth-order valence-corrected chi connectivity index (χ4v) is 2.31. The molecule has 2 aromatic carbocycles. The van der Waals surface area contributed by atoms with Crippen LogP contribution in [0.2, 0.25) is 0 Å². The summed E-state index contributed by atoms with van der Waals surface area (Å²) in [5.74, 6) is 1.10. The molecule has 0 aliphatic rings. The minimum absolute atomic E-state index is 0.178. The molecule has 3 N–H and O–H groups in total. The maximum Gasteiger partial charge on any atom is 0.255 e. The van der Waals surface area contributed by atoms with Crippen molar-refractivity contribution in [3.63, 3.8) is 0 Å². The monoisotopic (exact) mass is 358 g/mol. The predicted molar refractivity (Wildman–Crippen MR) is 102 cm³/mol. The van der Waals surface area contributed by atoms with Gasteiger partial charge in [-0.15, -0.1) is 0 Å². The highest BCUT2D eigenvalue weighted by atomic mass is 16.5. The van der Waals surface area contributed by atoms with Gasteiger partial charge in [-0.3, -0.25) is 10.1 Å². The van der Waals surface area contributed by atoms with E-state index in [0.717, 1.165) is 0 Å². The van der Waals surface area contributed by atoms with Crippen LogP contribution in [-0.2, 0) is 0 Å². The standard InChI is InChI=1S/C20H26N2O4/c1-13(2)21-20(14(3)23)26-18-11-7-16(8-12-18)22-19(24)15-5-9-17(25-4)10-6-15/h5-14,20-21,23H,1-4H3,(H,22,24). The van der Waals surface area contributed by atoms with E-state index in [0.29, 0.717) is 22.7 Å². The molecular formula is C20H26N2O4. The molecule has 0 radical (unpaired) electrons. The van der Waals surface area contributed by atoms with Gasteiger partial charge in [0.15, 0.2) is 6.23 Å². The topological polar surface area (TPSA) is 79.8 Å². The third-order valence-corrected chi connectivity index (χ3v) is 3.66. The van der Waals surface area contributed by atoms with E-state index < -0.39 is 12.3 Å². The van der Waals surface area contributed by atoms with Gasteiger partial charge in [0, 0.05) is 17.3 Å². The minimum atomic E-state index is -0.660. The first-order valence-electron chi connectivity index (χ1n) is 8.55. The van der Waals surface area contributed by atoms with Gasteiger partial charge in [0.25, 0.3) is 5.91 Å². The van der Waals surface area contributed by atoms with E-state index in [-0.39, 0.29) is 11.9 Å². The van der Waals surface area contributed by atoms with Gasteiger partial charge in [-0.05, 0) is 69.3 Å². The predicted octanol–water partition coefficient (Wildman–Crippen LogP) is 3.03. The SMILES string of the molecule is COc1ccc(C(=O)Nc2ccc(OC(NC(C)C)C(C)O)cc2)cc1. The van der Waals surface area contributed by atoms with E-state index in [2.05, 4.69) is 10.6 Å². The number of aliphatic hydroxyl groups excluding tert-OH is 1. The lowest BCUT2D eigenvalue weighted by Gasteiger charge is -2.25. The molecule has 140 valence electrons. The lowest BCUT2D eigenvalue weighted by atomic mass is 10.2. The van der Waals surface area contributed by atoms with Gasteiger partial charge < -0.3 is 19.9 Å². The van der Waals surface area contributed by atoms with Crippen molar-refractivity contribution < 1.29 is 19.4 Å². The van der Waals surface area contributed by atoms with E-state index in [4.69, 9.17) is 9.47 Å². The molecule has 2 rings (SSSR count). The Bertz CT molecular complexity index is 697. The van der Waals surface area contributed by atoms with Gasteiger partial charge in [0.05, 0.1) is 7.11 Å². The summed E-state index contributed by atoms with van der Waals surface area (Å²) in [6.45, 7) is 5.64. The number of benzene rings is 2. The largest absolute Gasteiger partial charge is 0.497 e. The lowest BCUT2D eigenvalue weighted by molar-refractivity contribution is 0.0218. The molecular weight excluding hydrogens is 332 g/mol. The summed E-state index contributed by atoms with van der Waals surface area (Å²) in [6.07, 6.45) is -1.17. The highest BCUT2D eigenvalue weighted by molar-refractivity contribution is 6.04. The number of nitrogens with one attached hydrogen (secondary N) is 2. The molecule has 0 aliphatic carbocycles. The van der Waals surface area contributed by atoms with E-state index in [1.807, 2.05) is 13.8 Å². The Morgan fingerprint density at radius 1 is 0.962 bits per heavy atom. The number of methoxy groups -OCH3 is 1. The van der Waals surface area contributed by atoms with Gasteiger partial charge >= 0.3 is 0 Å². The van der Waals surface area contributed by atoms with Crippen molar-refractivity contribution in [1.29, 1.82) is 0 Å². The number of carbonyl (C=O) groups is 1. The minimum Gasteiger partial charge on any atom is -0.497 e. The number of ether oxygens (including phenoxy) is 2. The summed E-state index contributed by atoms with van der Waals surface area (Å²) >= 11 is 0. The van der Waals surface area contributed by atoms with Crippen molar-refractivity contribution in [1.82, 2.24) is 5.32 Å². The number of rotatable bonds is 8. The molecule has 2 aromatic rings. The van der Waals surface area contributed by atoms with Crippen molar-refractivity contribution in [2.24, 2.45) is 0 Å². The first kappa shape index (κ1) is 19.8. The lowest BCUT2D eigenvalue weighted by Crippen LogP contribution is -2.46. The summed E-state index contributed by atoms with van der Waals surface area (Å²) in [5.41, 5.74) is 1.20. The van der Waals surface area contributed by atoms with Crippen LogP contribution < -0.4 is 20.1 Å². The Kier molecular flexibility index (Phi) is 7.00. The van der Waals surface area contributed by atoms with Crippen molar-refractivity contribution >= 4 is 11.6 Å². The van der Waals surface area contributed by atoms with Crippen molar-refractivity contribution in [3.8, 4) is 11.5 Å². The normalized spacial score (nSPS) is 13.2. The van der Waals surface area contributed by atoms with Crippen LogP contribution in [0.15, 0.2) is 48.5 Å². The second-order valence-electron chi connectivity index (χ2n) is 6.31. The Morgan fingerprint density at radius 3 is 2.04 bits per heavy atom. The molecule has 6 nitrogen and oxygen atoms in total. The third kappa shape index (κ3) is 5.75. The summed E-state index contributed by atoms with van der Waals surface area (Å²) in [7, 11) is 1.58. The zero-order valence-corrected chi connectivity index (χ0v) is 15.5. The number of aliphatic hydroxyl groups is 1. The average Bonchev–Trinajstić information content (AvgIpc) is 2.62. The fraction of sp³-hybridized carbons (Fsp3) is 0.350. The molecule has 0 aliphatic heterocycles. The van der Waals surface area contributed by atoms with Gasteiger partial charge in [0.1, 0.15) is 17.6 Å². The van der Waals surface area contributed by atoms with Crippen LogP contribution in [0.4, 0.5) is 5.69 Å². The van der Waals surface area contributed by atoms with Crippen LogP contribution in [0.25, 0.3) is 0 Å². The van der Waals surface area contributed by atoms with E-state index in [1.54, 1.807) is 62.6 Å². The van der Waals surface area contributed by atoms with Crippen LogP contribution in [0, 0.1) is 0 Å². The first-order valence-corrected chi connectivity index (χ1v) is 8.55. The molecule has 0 spiro atoms. The molecule has 0 aromatic heterocycles. The number of amides is 1. The van der Waals surface area contributed by atoms with Crippen molar-refractivity contribution in [2.75, 3.05) is 12.4 Å². The Morgan fingerprint density at radius 2 is 1.54 bits per heavy atom. The Labute approximate surface area is 154 Å². The van der Waals surface area contributed by atoms with Gasteiger partial charge in [-0.2, -0.15) is 0 Å². The fourth-order valence-electron chi connectivity index (χ4n) is 2.31. The molecule has 1 amide bonds. The van der Waals surface area contributed by atoms with Crippen LogP contribution in [0.3, 0.4) is 0 Å². The van der Waals surface area contributed by atoms with Crippen LogP contribution in [0.5, 0.6) is 11.5 Å². The van der Waals surface area contributed by atoms with E-state index in [9.17, 15) is 9.90 Å². The van der Waals surface area contributed by atoms with Gasteiger partial charge in [-0.25, -0.2) is 0 Å². The Hall–Kier alpha value is -2.57. The molecule has 26 heavy (non-hydrogen) atoms. The third-order valence-electron chi connectivity index (χ3n) is 3.66. The Balaban J connectivity index is 1.98. The maximum atomic E-state index is 12.3. The molecule has 2 atom stereocenters. The second kappa shape index (κ2) is 9.22. The van der Waals surface area contributed by atoms with Gasteiger partial charge in [-0.1, -0.05) is 0 Å². The molecule has 0 saturated heterocycles. The van der Waals surface area contributed by atoms with Gasteiger partial charge in [0.2, 0.25) is 0 Å². The summed E-state index contributed by atoms with van der Waals surface area (Å²) in [6, 6.07) is 14.1. The van der Waals surface area contributed by atoms with Crippen LogP contribution in [0.1, 0.15) is 31.1 Å². The zero-order chi connectivity index (χ0) is 19.1. The summed E-state index contributed by atoms with van der Waals surface area (Å²) in [4.78, 5) is 12.3. The second-order valence-corrected chi connectivity index (χ2v) is 6.31. The van der Waals surface area contributed by atoms with Crippen LogP contribution in [-0.4, -0.2) is 36.5 Å². The first-order chi connectivity index (χ1) is 12.4. The van der Waals surface area contributed by atoms with E-state index >= 15 is 0 Å². The number of carbonyl (C=O) groups excluding carboxylic acids is 1. The van der Waals surface area contributed by atoms with Crippen molar-refractivity contribution in [2.45, 2.75) is 39.1 Å². The number of hydrogen-bond donors (Lipinski definition) is 3. The average molecular weight is 358 g/mol. The molecule has 0 bridgehead atoms. The molecule has 0 heterocycles. The van der Waals surface area contributed by atoms with Crippen molar-refractivity contribution in [3.05, 3.63) is 54.1 Å². The number of anilines is 1. The molecule has 0 fully saturated rings. The summed E-state index contributed by atoms with van der Waals surface area (Å²) in [5, 5.41) is 15.8. The molecule has 2 unspecified atom stereocenters. The zero-order valence-electron chi connectivity index (χ0n) is 15.5. The highest BCUT2D eigenvalue weighted by Gasteiger charge is 2.17. The summed E-state index contributed by atoms with van der Waals surface area (Å²) < 4.78 is 10.9. The highest BCUT2D eigenvalue weighted by Crippen LogP contribution is 2.19. The smallest absolute Gasteiger partial charge is 0.255 e. The maximum absolute atomic E-state index is 12.3. The number of hydrogen-bond acceptors (Lipinski definition) is 5. The van der Waals surface area contributed by atoms with Crippen LogP contribution >= 0.6 is 0 Å². The molecule has 0 saturated carbocycles. The quantitative estimate of drug-likeness (QED) is 0.632.